The Balaban J connectivity index is 1.49. The van der Waals surface area contributed by atoms with Crippen LogP contribution in [0.5, 0.6) is 0 Å². The number of hydrogen-bond donors (Lipinski definition) is 0. The highest BCUT2D eigenvalue weighted by atomic mass is 19.1. The van der Waals surface area contributed by atoms with Crippen molar-refractivity contribution in [3.8, 4) is 11.1 Å². The molecule has 0 N–H and O–H groups in total. The lowest BCUT2D eigenvalue weighted by Crippen LogP contribution is -2.13. The second-order valence-electron chi connectivity index (χ2n) is 7.92. The molecule has 27 heavy (non-hydrogen) atoms. The normalized spacial score (nSPS) is 20.2. The first-order valence-corrected chi connectivity index (χ1v) is 10.7. The van der Waals surface area contributed by atoms with Gasteiger partial charge in [-0.15, -0.1) is 0 Å². The molecular formula is C26H33F. The zero-order chi connectivity index (χ0) is 18.9. The summed E-state index contributed by atoms with van der Waals surface area (Å²) in [5, 5.41) is 0. The van der Waals surface area contributed by atoms with E-state index >= 15 is 0 Å². The van der Waals surface area contributed by atoms with Crippen molar-refractivity contribution in [2.24, 2.45) is 5.92 Å². The van der Waals surface area contributed by atoms with Crippen LogP contribution in [-0.4, -0.2) is 6.67 Å². The van der Waals surface area contributed by atoms with E-state index < -0.39 is 0 Å². The maximum atomic E-state index is 12.1. The molecule has 1 heteroatoms. The summed E-state index contributed by atoms with van der Waals surface area (Å²) in [5.41, 5.74) is 5.52. The van der Waals surface area contributed by atoms with Crippen molar-refractivity contribution in [2.75, 3.05) is 6.67 Å². The van der Waals surface area contributed by atoms with E-state index in [9.17, 15) is 4.39 Å². The van der Waals surface area contributed by atoms with Gasteiger partial charge >= 0.3 is 0 Å². The summed E-state index contributed by atoms with van der Waals surface area (Å²) in [6, 6.07) is 18.2. The Morgan fingerprint density at radius 3 is 2.00 bits per heavy atom. The third-order valence-electron chi connectivity index (χ3n) is 6.11. The molecular weight excluding hydrogens is 331 g/mol. The van der Waals surface area contributed by atoms with Crippen molar-refractivity contribution in [3.63, 3.8) is 0 Å². The summed E-state index contributed by atoms with van der Waals surface area (Å²) in [7, 11) is 0. The molecule has 0 heterocycles. The Morgan fingerprint density at radius 1 is 0.815 bits per heavy atom. The number of alkyl halides is 1. The van der Waals surface area contributed by atoms with Crippen molar-refractivity contribution in [1.29, 1.82) is 0 Å². The Hall–Kier alpha value is -1.89. The van der Waals surface area contributed by atoms with Crippen LogP contribution in [0.15, 0.2) is 60.7 Å². The zero-order valence-electron chi connectivity index (χ0n) is 16.7. The van der Waals surface area contributed by atoms with Gasteiger partial charge < -0.3 is 0 Å². The molecule has 0 aliphatic heterocycles. The maximum absolute atomic E-state index is 12.1. The molecule has 2 aromatic rings. The molecule has 0 nitrogen and oxygen atoms in total. The van der Waals surface area contributed by atoms with Crippen molar-refractivity contribution in [1.82, 2.24) is 0 Å². The van der Waals surface area contributed by atoms with Gasteiger partial charge in [0.05, 0.1) is 6.67 Å². The minimum Gasteiger partial charge on any atom is -0.251 e. The third kappa shape index (κ3) is 5.79. The summed E-state index contributed by atoms with van der Waals surface area (Å²) in [5.74, 6) is 1.58. The standard InChI is InChI=1S/C26H33F/c1-2-21-8-12-23(13-9-21)25-16-18-26(19-17-25)24-14-10-22(11-15-24)7-5-3-4-6-20-27/h3-4,8-9,12-13,16-19,22,24H,2,5-7,10-11,14-15,20H2,1H3/t22-,24-. The minimum absolute atomic E-state index is 0.232. The van der Waals surface area contributed by atoms with E-state index in [1.165, 1.54) is 54.4 Å². The molecule has 2 aromatic carbocycles. The average Bonchev–Trinajstić information content (AvgIpc) is 2.74. The number of rotatable bonds is 8. The minimum atomic E-state index is -0.232. The average molecular weight is 365 g/mol. The van der Waals surface area contributed by atoms with E-state index in [1.54, 1.807) is 0 Å². The lowest BCUT2D eigenvalue weighted by atomic mass is 9.77. The fraction of sp³-hybridized carbons (Fsp3) is 0.462. The molecule has 0 atom stereocenters. The van der Waals surface area contributed by atoms with Crippen LogP contribution in [0.4, 0.5) is 4.39 Å². The van der Waals surface area contributed by atoms with Crippen LogP contribution in [0.2, 0.25) is 0 Å². The molecule has 0 aromatic heterocycles. The van der Waals surface area contributed by atoms with Crippen LogP contribution in [0, 0.1) is 5.92 Å². The first kappa shape index (κ1) is 19.9. The van der Waals surface area contributed by atoms with Crippen LogP contribution in [0.1, 0.15) is 68.9 Å². The van der Waals surface area contributed by atoms with E-state index in [1.807, 2.05) is 6.08 Å². The smallest absolute Gasteiger partial charge is 0.0928 e. The van der Waals surface area contributed by atoms with Gasteiger partial charge in [-0.05, 0) is 85.5 Å². The van der Waals surface area contributed by atoms with Crippen molar-refractivity contribution < 1.29 is 4.39 Å². The summed E-state index contributed by atoms with van der Waals surface area (Å²) in [6.45, 7) is 1.96. The van der Waals surface area contributed by atoms with Gasteiger partial charge in [-0.25, -0.2) is 0 Å². The number of halogens is 1. The quantitative estimate of drug-likeness (QED) is 0.418. The number of allylic oxidation sites excluding steroid dienone is 2. The fourth-order valence-corrected chi connectivity index (χ4v) is 4.30. The van der Waals surface area contributed by atoms with Crippen molar-refractivity contribution in [3.05, 3.63) is 71.8 Å². The first-order chi connectivity index (χ1) is 13.3. The molecule has 0 amide bonds. The second kappa shape index (κ2) is 10.4. The Labute approximate surface area is 164 Å². The molecule has 1 fully saturated rings. The van der Waals surface area contributed by atoms with Gasteiger partial charge in [0.15, 0.2) is 0 Å². The van der Waals surface area contributed by atoms with E-state index in [4.69, 9.17) is 0 Å². The Bertz CT molecular complexity index is 688. The summed E-state index contributed by atoms with van der Waals surface area (Å²) < 4.78 is 12.1. The Morgan fingerprint density at radius 2 is 1.41 bits per heavy atom. The molecule has 1 saturated carbocycles. The topological polar surface area (TPSA) is 0 Å². The van der Waals surface area contributed by atoms with Gasteiger partial charge in [0, 0.05) is 0 Å². The van der Waals surface area contributed by atoms with Gasteiger partial charge in [0.1, 0.15) is 0 Å². The highest BCUT2D eigenvalue weighted by Crippen LogP contribution is 2.38. The summed E-state index contributed by atoms with van der Waals surface area (Å²) >= 11 is 0. The number of aryl methyl sites for hydroxylation is 1. The molecule has 3 rings (SSSR count). The number of hydrogen-bond acceptors (Lipinski definition) is 0. The second-order valence-corrected chi connectivity index (χ2v) is 7.92. The lowest BCUT2D eigenvalue weighted by Gasteiger charge is -2.28. The molecule has 1 aliphatic rings. The highest BCUT2D eigenvalue weighted by Gasteiger charge is 2.21. The van der Waals surface area contributed by atoms with Gasteiger partial charge in [-0.1, -0.05) is 67.6 Å². The fourth-order valence-electron chi connectivity index (χ4n) is 4.30. The zero-order valence-corrected chi connectivity index (χ0v) is 16.7. The van der Waals surface area contributed by atoms with Crippen LogP contribution < -0.4 is 0 Å². The third-order valence-corrected chi connectivity index (χ3v) is 6.11. The van der Waals surface area contributed by atoms with E-state index in [2.05, 4.69) is 61.5 Å². The first-order valence-electron chi connectivity index (χ1n) is 10.7. The van der Waals surface area contributed by atoms with Gasteiger partial charge in [-0.2, -0.15) is 0 Å². The SMILES string of the molecule is CCc1ccc(-c2ccc([C@H]3CC[C@H](CCC=CCCF)CC3)cc2)cc1. The van der Waals surface area contributed by atoms with Gasteiger partial charge in [0.2, 0.25) is 0 Å². The van der Waals surface area contributed by atoms with Gasteiger partial charge in [0.25, 0.3) is 0 Å². The van der Waals surface area contributed by atoms with E-state index in [0.29, 0.717) is 6.42 Å². The maximum Gasteiger partial charge on any atom is 0.0928 e. The van der Waals surface area contributed by atoms with Crippen LogP contribution in [0.25, 0.3) is 11.1 Å². The molecule has 0 unspecified atom stereocenters. The van der Waals surface area contributed by atoms with Crippen molar-refractivity contribution in [2.45, 2.75) is 64.2 Å². The lowest BCUT2D eigenvalue weighted by molar-refractivity contribution is 0.312. The predicted octanol–water partition coefficient (Wildman–Crippen LogP) is 7.89. The Kier molecular flexibility index (Phi) is 7.68. The highest BCUT2D eigenvalue weighted by molar-refractivity contribution is 5.64. The molecule has 0 radical (unpaired) electrons. The molecule has 144 valence electrons. The van der Waals surface area contributed by atoms with E-state index in [-0.39, 0.29) is 6.67 Å². The number of benzene rings is 2. The van der Waals surface area contributed by atoms with Crippen molar-refractivity contribution >= 4 is 0 Å². The molecule has 1 aliphatic carbocycles. The molecule has 0 saturated heterocycles. The molecule has 0 bridgehead atoms. The summed E-state index contributed by atoms with van der Waals surface area (Å²) in [4.78, 5) is 0. The van der Waals surface area contributed by atoms with Gasteiger partial charge in [-0.3, -0.25) is 4.39 Å². The molecule has 0 spiro atoms. The van der Waals surface area contributed by atoms with Crippen LogP contribution in [0.3, 0.4) is 0 Å². The largest absolute Gasteiger partial charge is 0.251 e. The summed E-state index contributed by atoms with van der Waals surface area (Å²) in [6.07, 6.45) is 13.5. The van der Waals surface area contributed by atoms with Crippen LogP contribution >= 0.6 is 0 Å². The van der Waals surface area contributed by atoms with Crippen LogP contribution in [-0.2, 0) is 6.42 Å². The van der Waals surface area contributed by atoms with E-state index in [0.717, 1.165) is 24.7 Å². The monoisotopic (exact) mass is 364 g/mol. The predicted molar refractivity (Wildman–Crippen MR) is 115 cm³/mol.